The van der Waals surface area contributed by atoms with Crippen LogP contribution in [0.5, 0.6) is 0 Å². The van der Waals surface area contributed by atoms with E-state index in [4.69, 9.17) is 5.11 Å². The number of amides is 1. The first kappa shape index (κ1) is 15.0. The van der Waals surface area contributed by atoms with E-state index in [2.05, 4.69) is 6.92 Å². The van der Waals surface area contributed by atoms with Crippen molar-refractivity contribution in [3.8, 4) is 0 Å². The number of hydrogen-bond donors (Lipinski definition) is 1. The molecule has 2 heterocycles. The second-order valence-electron chi connectivity index (χ2n) is 5.41. The van der Waals surface area contributed by atoms with E-state index in [0.29, 0.717) is 23.8 Å². The number of carbonyl (C=O) groups is 2. The Bertz CT molecular complexity index is 509. The van der Waals surface area contributed by atoms with E-state index < -0.39 is 5.97 Å². The topological polar surface area (TPSA) is 57.6 Å². The van der Waals surface area contributed by atoms with Crippen LogP contribution >= 0.6 is 11.3 Å². The number of carboxylic acid groups (broad SMARTS) is 1. The minimum absolute atomic E-state index is 0.198. The monoisotopic (exact) mass is 295 g/mol. The molecule has 0 saturated carbocycles. The van der Waals surface area contributed by atoms with E-state index in [-0.39, 0.29) is 5.91 Å². The van der Waals surface area contributed by atoms with Crippen LogP contribution in [-0.4, -0.2) is 28.4 Å². The third-order valence-electron chi connectivity index (χ3n) is 4.10. The number of thiophene rings is 1. The largest absolute Gasteiger partial charge is 0.477 e. The Morgan fingerprint density at radius 1 is 1.50 bits per heavy atom. The summed E-state index contributed by atoms with van der Waals surface area (Å²) in [6.07, 6.45) is 3.78. The van der Waals surface area contributed by atoms with E-state index in [1.54, 1.807) is 6.07 Å². The molecule has 1 saturated heterocycles. The van der Waals surface area contributed by atoms with Gasteiger partial charge in [-0.15, -0.1) is 11.3 Å². The molecule has 4 nitrogen and oxygen atoms in total. The van der Waals surface area contributed by atoms with Gasteiger partial charge in [0.25, 0.3) is 0 Å². The maximum absolute atomic E-state index is 12.1. The number of hydrogen-bond acceptors (Lipinski definition) is 3. The van der Waals surface area contributed by atoms with Gasteiger partial charge in [-0.3, -0.25) is 4.79 Å². The van der Waals surface area contributed by atoms with Crippen molar-refractivity contribution >= 4 is 23.2 Å². The normalized spacial score (nSPS) is 20.0. The van der Waals surface area contributed by atoms with Gasteiger partial charge in [-0.1, -0.05) is 13.3 Å². The maximum Gasteiger partial charge on any atom is 0.345 e. The molecule has 1 aromatic heterocycles. The van der Waals surface area contributed by atoms with Gasteiger partial charge in [0.2, 0.25) is 5.91 Å². The number of carbonyl (C=O) groups excluding carboxylic acids is 1. The highest BCUT2D eigenvalue weighted by atomic mass is 32.1. The molecule has 1 amide bonds. The molecule has 0 aromatic carbocycles. The summed E-state index contributed by atoms with van der Waals surface area (Å²) in [6, 6.07) is 1.71. The molecule has 1 unspecified atom stereocenters. The van der Waals surface area contributed by atoms with E-state index in [0.717, 1.165) is 36.2 Å². The Labute approximate surface area is 123 Å². The van der Waals surface area contributed by atoms with Crippen LogP contribution in [0.3, 0.4) is 0 Å². The number of aryl methyl sites for hydroxylation is 1. The molecule has 0 aliphatic carbocycles. The Kier molecular flexibility index (Phi) is 4.81. The third kappa shape index (κ3) is 3.39. The average Bonchev–Trinajstić information content (AvgIpc) is 2.68. The molecule has 0 radical (unpaired) electrons. The summed E-state index contributed by atoms with van der Waals surface area (Å²) in [7, 11) is 0. The molecule has 5 heteroatoms. The molecule has 1 aromatic rings. The van der Waals surface area contributed by atoms with Crippen LogP contribution < -0.4 is 0 Å². The standard InChI is InChI=1S/C15H21NO3S/c1-3-11-4-5-14(17)16(7-6-11)9-12-8-13(15(18)19)20-10(12)2/h8,11H,3-7,9H2,1-2H3,(H,18,19). The van der Waals surface area contributed by atoms with Gasteiger partial charge in [-0.25, -0.2) is 4.79 Å². The Morgan fingerprint density at radius 2 is 2.25 bits per heavy atom. The van der Waals surface area contributed by atoms with E-state index in [1.807, 2.05) is 11.8 Å². The average molecular weight is 295 g/mol. The van der Waals surface area contributed by atoms with E-state index in [1.165, 1.54) is 11.3 Å². The van der Waals surface area contributed by atoms with Gasteiger partial charge in [-0.05, 0) is 37.3 Å². The van der Waals surface area contributed by atoms with Crippen molar-refractivity contribution in [1.29, 1.82) is 0 Å². The lowest BCUT2D eigenvalue weighted by Crippen LogP contribution is -2.29. The van der Waals surface area contributed by atoms with Crippen LogP contribution in [0.15, 0.2) is 6.07 Å². The van der Waals surface area contributed by atoms with Gasteiger partial charge >= 0.3 is 5.97 Å². The summed E-state index contributed by atoms with van der Waals surface area (Å²) in [6.45, 7) is 5.43. The molecule has 0 bridgehead atoms. The number of aromatic carboxylic acids is 1. The van der Waals surface area contributed by atoms with Crippen LogP contribution in [0.4, 0.5) is 0 Å². The quantitative estimate of drug-likeness (QED) is 0.927. The SMILES string of the molecule is CCC1CCC(=O)N(Cc2cc(C(=O)O)sc2C)CC1. The predicted octanol–water partition coefficient (Wildman–Crippen LogP) is 3.29. The highest BCUT2D eigenvalue weighted by molar-refractivity contribution is 7.14. The smallest absolute Gasteiger partial charge is 0.345 e. The van der Waals surface area contributed by atoms with Crippen LogP contribution in [0.1, 0.15) is 52.7 Å². The van der Waals surface area contributed by atoms with Crippen LogP contribution in [0.2, 0.25) is 0 Å². The van der Waals surface area contributed by atoms with Crippen molar-refractivity contribution in [3.05, 3.63) is 21.4 Å². The molecular formula is C15H21NO3S. The first-order valence-corrected chi connectivity index (χ1v) is 7.93. The van der Waals surface area contributed by atoms with Gasteiger partial charge in [0.1, 0.15) is 4.88 Å². The summed E-state index contributed by atoms with van der Waals surface area (Å²) in [5, 5.41) is 9.02. The lowest BCUT2D eigenvalue weighted by atomic mass is 9.98. The highest BCUT2D eigenvalue weighted by Crippen LogP contribution is 2.26. The van der Waals surface area contributed by atoms with E-state index >= 15 is 0 Å². The van der Waals surface area contributed by atoms with Crippen molar-refractivity contribution in [2.45, 2.75) is 46.1 Å². The number of nitrogens with zero attached hydrogens (tertiary/aromatic N) is 1. The Morgan fingerprint density at radius 3 is 2.85 bits per heavy atom. The molecule has 110 valence electrons. The summed E-state index contributed by atoms with van der Waals surface area (Å²) in [5.41, 5.74) is 0.968. The van der Waals surface area contributed by atoms with E-state index in [9.17, 15) is 9.59 Å². The van der Waals surface area contributed by atoms with Crippen molar-refractivity contribution < 1.29 is 14.7 Å². The van der Waals surface area contributed by atoms with Gasteiger partial charge in [0.05, 0.1) is 0 Å². The minimum atomic E-state index is -0.891. The molecule has 0 spiro atoms. The van der Waals surface area contributed by atoms with Gasteiger partial charge in [0.15, 0.2) is 0 Å². The molecule has 2 rings (SSSR count). The van der Waals surface area contributed by atoms with Crippen LogP contribution in [0.25, 0.3) is 0 Å². The zero-order valence-electron chi connectivity index (χ0n) is 12.0. The highest BCUT2D eigenvalue weighted by Gasteiger charge is 2.23. The third-order valence-corrected chi connectivity index (χ3v) is 5.18. The second-order valence-corrected chi connectivity index (χ2v) is 6.67. The maximum atomic E-state index is 12.1. The summed E-state index contributed by atoms with van der Waals surface area (Å²) in [5.74, 6) is -0.0527. The Balaban J connectivity index is 2.08. The van der Waals surface area contributed by atoms with Crippen molar-refractivity contribution in [3.63, 3.8) is 0 Å². The van der Waals surface area contributed by atoms with Gasteiger partial charge in [0, 0.05) is 24.4 Å². The predicted molar refractivity (Wildman–Crippen MR) is 79.1 cm³/mol. The second kappa shape index (κ2) is 6.39. The van der Waals surface area contributed by atoms with Crippen molar-refractivity contribution in [2.75, 3.05) is 6.54 Å². The van der Waals surface area contributed by atoms with Gasteiger partial charge < -0.3 is 10.0 Å². The van der Waals surface area contributed by atoms with Crippen molar-refractivity contribution in [1.82, 2.24) is 4.90 Å². The fourth-order valence-electron chi connectivity index (χ4n) is 2.66. The van der Waals surface area contributed by atoms with Crippen LogP contribution in [0, 0.1) is 12.8 Å². The summed E-state index contributed by atoms with van der Waals surface area (Å²) >= 11 is 1.29. The fraction of sp³-hybridized carbons (Fsp3) is 0.600. The lowest BCUT2D eigenvalue weighted by molar-refractivity contribution is -0.131. The molecular weight excluding hydrogens is 274 g/mol. The molecule has 1 aliphatic heterocycles. The first-order valence-electron chi connectivity index (χ1n) is 7.11. The number of rotatable bonds is 4. The van der Waals surface area contributed by atoms with Gasteiger partial charge in [-0.2, -0.15) is 0 Å². The molecule has 1 N–H and O–H groups in total. The lowest BCUT2D eigenvalue weighted by Gasteiger charge is -2.20. The molecule has 20 heavy (non-hydrogen) atoms. The number of carboxylic acids is 1. The molecule has 1 fully saturated rings. The molecule has 1 atom stereocenters. The fourth-order valence-corrected chi connectivity index (χ4v) is 3.53. The Hall–Kier alpha value is -1.36. The minimum Gasteiger partial charge on any atom is -0.477 e. The summed E-state index contributed by atoms with van der Waals surface area (Å²) < 4.78 is 0. The zero-order chi connectivity index (χ0) is 14.7. The zero-order valence-corrected chi connectivity index (χ0v) is 12.8. The van der Waals surface area contributed by atoms with Crippen LogP contribution in [-0.2, 0) is 11.3 Å². The molecule has 1 aliphatic rings. The first-order chi connectivity index (χ1) is 9.51. The number of likely N-dealkylation sites (tertiary alicyclic amines) is 1. The summed E-state index contributed by atoms with van der Waals surface area (Å²) in [4.78, 5) is 26.4. The van der Waals surface area contributed by atoms with Crippen molar-refractivity contribution in [2.24, 2.45) is 5.92 Å².